The molecule has 0 aliphatic rings. The monoisotopic (exact) mass is 280 g/mol. The van der Waals surface area contributed by atoms with Crippen molar-refractivity contribution in [3.05, 3.63) is 54.2 Å². The molecule has 0 unspecified atom stereocenters. The maximum absolute atomic E-state index is 12.0. The summed E-state index contributed by atoms with van der Waals surface area (Å²) < 4.78 is 26.4. The van der Waals surface area contributed by atoms with E-state index in [2.05, 4.69) is 9.11 Å². The molecule has 0 saturated carbocycles. The largest absolute Gasteiger partial charge is 0.250 e. The summed E-state index contributed by atoms with van der Waals surface area (Å²) in [5, 5.41) is 0.605. The van der Waals surface area contributed by atoms with Crippen LogP contribution in [0.5, 0.6) is 0 Å². The van der Waals surface area contributed by atoms with Crippen LogP contribution in [0.4, 0.5) is 0 Å². The van der Waals surface area contributed by atoms with Crippen molar-refractivity contribution in [1.82, 2.24) is 9.11 Å². The van der Waals surface area contributed by atoms with Gasteiger partial charge in [0.1, 0.15) is 5.03 Å². The molecule has 0 bridgehead atoms. The number of pyridine rings is 1. The van der Waals surface area contributed by atoms with Gasteiger partial charge in [0, 0.05) is 6.20 Å². The van der Waals surface area contributed by atoms with Crippen LogP contribution in [0.3, 0.4) is 0 Å². The maximum atomic E-state index is 12.0. The lowest BCUT2D eigenvalue weighted by molar-refractivity contribution is 0.594. The van der Waals surface area contributed by atoms with E-state index in [4.69, 9.17) is 0 Å². The van der Waals surface area contributed by atoms with Gasteiger partial charge in [0.15, 0.2) is 0 Å². The second kappa shape index (κ2) is 5.51. The van der Waals surface area contributed by atoms with Crippen LogP contribution >= 0.6 is 11.9 Å². The zero-order chi connectivity index (χ0) is 13.0. The zero-order valence-corrected chi connectivity index (χ0v) is 11.3. The molecule has 0 amide bonds. The Bertz CT molecular complexity index is 610. The molecule has 0 atom stereocenters. The van der Waals surface area contributed by atoms with E-state index < -0.39 is 10.0 Å². The molecule has 4 nitrogen and oxygen atoms in total. The molecule has 2 aromatic rings. The Morgan fingerprint density at radius 3 is 2.44 bits per heavy atom. The molecular weight excluding hydrogens is 268 g/mol. The van der Waals surface area contributed by atoms with Gasteiger partial charge in [-0.25, -0.2) is 13.4 Å². The van der Waals surface area contributed by atoms with Crippen LogP contribution in [0, 0.1) is 6.92 Å². The van der Waals surface area contributed by atoms with Crippen molar-refractivity contribution in [2.45, 2.75) is 16.8 Å². The number of nitrogens with one attached hydrogen (secondary N) is 1. The molecular formula is C12H12N2O2S2. The highest BCUT2D eigenvalue weighted by Crippen LogP contribution is 2.16. The maximum Gasteiger partial charge on any atom is 0.250 e. The first-order valence-electron chi connectivity index (χ1n) is 5.24. The van der Waals surface area contributed by atoms with E-state index in [1.54, 1.807) is 48.7 Å². The summed E-state index contributed by atoms with van der Waals surface area (Å²) in [7, 11) is -3.50. The van der Waals surface area contributed by atoms with Crippen molar-refractivity contribution in [1.29, 1.82) is 0 Å². The van der Waals surface area contributed by atoms with E-state index in [1.807, 2.05) is 6.92 Å². The first kappa shape index (κ1) is 13.1. The molecule has 0 fully saturated rings. The highest BCUT2D eigenvalue weighted by Gasteiger charge is 2.13. The van der Waals surface area contributed by atoms with Gasteiger partial charge in [-0.2, -0.15) is 0 Å². The van der Waals surface area contributed by atoms with Gasteiger partial charge in [0.2, 0.25) is 10.0 Å². The number of nitrogens with zero attached hydrogens (tertiary/aromatic N) is 1. The number of hydrogen-bond acceptors (Lipinski definition) is 4. The van der Waals surface area contributed by atoms with E-state index in [-0.39, 0.29) is 4.90 Å². The van der Waals surface area contributed by atoms with Gasteiger partial charge < -0.3 is 0 Å². The minimum absolute atomic E-state index is 0.247. The minimum Gasteiger partial charge on any atom is -0.249 e. The van der Waals surface area contributed by atoms with Crippen molar-refractivity contribution in [3.8, 4) is 0 Å². The van der Waals surface area contributed by atoms with Crippen LogP contribution in [0.15, 0.2) is 58.6 Å². The first-order valence-corrected chi connectivity index (χ1v) is 7.54. The van der Waals surface area contributed by atoms with Crippen LogP contribution in [-0.2, 0) is 10.0 Å². The molecule has 1 N–H and O–H groups in total. The topological polar surface area (TPSA) is 59.1 Å². The van der Waals surface area contributed by atoms with Gasteiger partial charge >= 0.3 is 0 Å². The lowest BCUT2D eigenvalue weighted by Gasteiger charge is -2.05. The van der Waals surface area contributed by atoms with Crippen molar-refractivity contribution in [2.24, 2.45) is 0 Å². The summed E-state index contributed by atoms with van der Waals surface area (Å²) in [4.78, 5) is 4.27. The summed E-state index contributed by atoms with van der Waals surface area (Å²) >= 11 is 0.977. The second-order valence-corrected chi connectivity index (χ2v) is 6.44. The molecule has 2 rings (SSSR count). The standard InChI is InChI=1S/C12H12N2O2S2/c1-10-5-7-11(8-6-10)18(15,16)14-17-12-4-2-3-9-13-12/h2-9,14H,1H3. The fraction of sp³-hybridized carbons (Fsp3) is 0.0833. The van der Waals surface area contributed by atoms with Crippen LogP contribution in [0.25, 0.3) is 0 Å². The van der Waals surface area contributed by atoms with Gasteiger partial charge in [-0.1, -0.05) is 23.8 Å². The Balaban J connectivity index is 2.11. The molecule has 0 aliphatic heterocycles. The SMILES string of the molecule is Cc1ccc(S(=O)(=O)NSc2ccccn2)cc1. The van der Waals surface area contributed by atoms with E-state index in [1.165, 1.54) is 0 Å². The summed E-state index contributed by atoms with van der Waals surface area (Å²) in [6.45, 7) is 1.91. The van der Waals surface area contributed by atoms with Crippen molar-refractivity contribution in [2.75, 3.05) is 0 Å². The Morgan fingerprint density at radius 2 is 1.83 bits per heavy atom. The van der Waals surface area contributed by atoms with E-state index in [0.29, 0.717) is 5.03 Å². The van der Waals surface area contributed by atoms with E-state index >= 15 is 0 Å². The highest BCUT2D eigenvalue weighted by molar-refractivity contribution is 8.09. The summed E-state index contributed by atoms with van der Waals surface area (Å²) in [6.07, 6.45) is 1.61. The molecule has 1 aromatic heterocycles. The predicted molar refractivity (Wildman–Crippen MR) is 71.6 cm³/mol. The van der Waals surface area contributed by atoms with Gasteiger partial charge in [0.25, 0.3) is 0 Å². The van der Waals surface area contributed by atoms with Crippen molar-refractivity contribution >= 4 is 22.0 Å². The van der Waals surface area contributed by atoms with Gasteiger partial charge in [0.05, 0.1) is 4.90 Å². The highest BCUT2D eigenvalue weighted by atomic mass is 32.3. The van der Waals surface area contributed by atoms with E-state index in [9.17, 15) is 8.42 Å². The van der Waals surface area contributed by atoms with Gasteiger partial charge in [-0.3, -0.25) is 0 Å². The molecule has 6 heteroatoms. The number of aryl methyl sites for hydroxylation is 1. The average Bonchev–Trinajstić information content (AvgIpc) is 2.38. The molecule has 0 aliphatic carbocycles. The molecule has 0 spiro atoms. The average molecular weight is 280 g/mol. The van der Waals surface area contributed by atoms with Crippen LogP contribution in [0.2, 0.25) is 0 Å². The molecule has 94 valence electrons. The van der Waals surface area contributed by atoms with Crippen molar-refractivity contribution in [3.63, 3.8) is 0 Å². The van der Waals surface area contributed by atoms with Crippen LogP contribution < -0.4 is 4.13 Å². The molecule has 1 heterocycles. The molecule has 0 radical (unpaired) electrons. The lowest BCUT2D eigenvalue weighted by atomic mass is 10.2. The quantitative estimate of drug-likeness (QED) is 0.874. The molecule has 1 aromatic carbocycles. The number of sulfonamides is 1. The number of benzene rings is 1. The second-order valence-electron chi connectivity index (χ2n) is 3.67. The molecule has 0 saturated heterocycles. The van der Waals surface area contributed by atoms with E-state index in [0.717, 1.165) is 17.5 Å². The Morgan fingerprint density at radius 1 is 1.11 bits per heavy atom. The number of hydrogen-bond donors (Lipinski definition) is 1. The molecule has 18 heavy (non-hydrogen) atoms. The zero-order valence-electron chi connectivity index (χ0n) is 9.70. The lowest BCUT2D eigenvalue weighted by Crippen LogP contribution is -2.16. The fourth-order valence-corrected chi connectivity index (χ4v) is 3.19. The number of rotatable bonds is 4. The Labute approximate surface area is 111 Å². The normalized spacial score (nSPS) is 11.4. The predicted octanol–water partition coefficient (Wildman–Crippen LogP) is 2.38. The third-order valence-corrected chi connectivity index (χ3v) is 4.78. The van der Waals surface area contributed by atoms with Crippen molar-refractivity contribution < 1.29 is 8.42 Å². The van der Waals surface area contributed by atoms with Gasteiger partial charge in [-0.15, -0.1) is 4.13 Å². The van der Waals surface area contributed by atoms with Crippen LogP contribution in [0.1, 0.15) is 5.56 Å². The third kappa shape index (κ3) is 3.32. The minimum atomic E-state index is -3.50. The summed E-state index contributed by atoms with van der Waals surface area (Å²) in [6, 6.07) is 12.0. The summed E-state index contributed by atoms with van der Waals surface area (Å²) in [5.74, 6) is 0. The fourth-order valence-electron chi connectivity index (χ4n) is 1.27. The Hall–Kier alpha value is -1.37. The summed E-state index contributed by atoms with van der Waals surface area (Å²) in [5.41, 5.74) is 1.02. The third-order valence-electron chi connectivity index (χ3n) is 2.22. The first-order chi connectivity index (χ1) is 8.58. The smallest absolute Gasteiger partial charge is 0.249 e. The number of aromatic nitrogens is 1. The van der Waals surface area contributed by atoms with Gasteiger partial charge in [-0.05, 0) is 43.1 Å². The van der Waals surface area contributed by atoms with Crippen LogP contribution in [-0.4, -0.2) is 13.4 Å². The Kier molecular flexibility index (Phi) is 4.00.